The summed E-state index contributed by atoms with van der Waals surface area (Å²) >= 11 is 0. The molecule has 1 unspecified atom stereocenters. The molecule has 4 heteroatoms. The highest BCUT2D eigenvalue weighted by molar-refractivity contribution is 5.71. The Balaban J connectivity index is 3.03. The van der Waals surface area contributed by atoms with Crippen molar-refractivity contribution in [3.63, 3.8) is 0 Å². The number of carbonyl (C=O) groups is 1. The van der Waals surface area contributed by atoms with E-state index in [2.05, 4.69) is 10.1 Å². The van der Waals surface area contributed by atoms with Gasteiger partial charge in [-0.3, -0.25) is 4.79 Å². The molecule has 1 aromatic rings. The number of esters is 1. The fourth-order valence-corrected chi connectivity index (χ4v) is 1.92. The van der Waals surface area contributed by atoms with Gasteiger partial charge in [-0.15, -0.1) is 0 Å². The molecule has 0 amide bonds. The zero-order chi connectivity index (χ0) is 13.6. The molecule has 1 rings (SSSR count). The fraction of sp³-hybridized carbons (Fsp3) is 0.500. The third kappa shape index (κ3) is 3.53. The van der Waals surface area contributed by atoms with Gasteiger partial charge in [0.15, 0.2) is 0 Å². The Bertz CT molecular complexity index is 409. The van der Waals surface area contributed by atoms with Gasteiger partial charge in [0.1, 0.15) is 5.82 Å². The molecular weight excluding hydrogens is 233 g/mol. The van der Waals surface area contributed by atoms with Crippen molar-refractivity contribution >= 4 is 5.97 Å². The summed E-state index contributed by atoms with van der Waals surface area (Å²) in [4.78, 5) is 11.5. The van der Waals surface area contributed by atoms with Gasteiger partial charge in [0.25, 0.3) is 0 Å². The summed E-state index contributed by atoms with van der Waals surface area (Å²) in [5.74, 6) is -0.670. The molecule has 100 valence electrons. The van der Waals surface area contributed by atoms with Gasteiger partial charge in [0, 0.05) is 5.56 Å². The Labute approximate surface area is 107 Å². The van der Waals surface area contributed by atoms with Crippen LogP contribution in [0.15, 0.2) is 24.3 Å². The normalized spacial score (nSPS) is 14.0. The molecule has 18 heavy (non-hydrogen) atoms. The van der Waals surface area contributed by atoms with Crippen molar-refractivity contribution in [2.75, 3.05) is 13.7 Å². The zero-order valence-corrected chi connectivity index (χ0v) is 11.1. The van der Waals surface area contributed by atoms with E-state index in [1.807, 2.05) is 13.8 Å². The average Bonchev–Trinajstić information content (AvgIpc) is 2.36. The van der Waals surface area contributed by atoms with E-state index in [4.69, 9.17) is 0 Å². The number of hydrogen-bond acceptors (Lipinski definition) is 3. The van der Waals surface area contributed by atoms with Crippen LogP contribution in [0.2, 0.25) is 0 Å². The number of benzene rings is 1. The lowest BCUT2D eigenvalue weighted by Gasteiger charge is -2.30. The molecule has 0 radical (unpaired) electrons. The van der Waals surface area contributed by atoms with Crippen LogP contribution in [-0.4, -0.2) is 19.6 Å². The molecule has 0 heterocycles. The van der Waals surface area contributed by atoms with Crippen LogP contribution in [0.4, 0.5) is 4.39 Å². The number of rotatable bonds is 6. The maximum absolute atomic E-state index is 13.9. The van der Waals surface area contributed by atoms with Crippen LogP contribution in [0.25, 0.3) is 0 Å². The largest absolute Gasteiger partial charge is 0.469 e. The van der Waals surface area contributed by atoms with Crippen molar-refractivity contribution in [3.8, 4) is 0 Å². The molecule has 3 nitrogen and oxygen atoms in total. The van der Waals surface area contributed by atoms with Gasteiger partial charge in [0.2, 0.25) is 0 Å². The van der Waals surface area contributed by atoms with Crippen molar-refractivity contribution < 1.29 is 13.9 Å². The number of carbonyl (C=O) groups excluding carboxylic acids is 1. The fourth-order valence-electron chi connectivity index (χ4n) is 1.92. The number of hydrogen-bond donors (Lipinski definition) is 1. The van der Waals surface area contributed by atoms with Crippen molar-refractivity contribution in [2.45, 2.75) is 32.2 Å². The average molecular weight is 253 g/mol. The molecule has 0 aromatic heterocycles. The van der Waals surface area contributed by atoms with Gasteiger partial charge >= 0.3 is 5.97 Å². The second-order valence-electron chi connectivity index (χ2n) is 4.49. The summed E-state index contributed by atoms with van der Waals surface area (Å²) in [7, 11) is 1.34. The van der Waals surface area contributed by atoms with Gasteiger partial charge < -0.3 is 10.1 Å². The monoisotopic (exact) mass is 253 g/mol. The van der Waals surface area contributed by atoms with Crippen molar-refractivity contribution in [1.82, 2.24) is 5.32 Å². The Hall–Kier alpha value is -1.42. The highest BCUT2D eigenvalue weighted by atomic mass is 19.1. The molecule has 0 saturated heterocycles. The minimum absolute atomic E-state index is 0.102. The van der Waals surface area contributed by atoms with E-state index in [0.29, 0.717) is 12.1 Å². The van der Waals surface area contributed by atoms with Crippen LogP contribution in [0.1, 0.15) is 32.3 Å². The zero-order valence-electron chi connectivity index (χ0n) is 11.1. The lowest BCUT2D eigenvalue weighted by Crippen LogP contribution is -2.42. The van der Waals surface area contributed by atoms with Gasteiger partial charge in [-0.05, 0) is 26.0 Å². The third-order valence-electron chi connectivity index (χ3n) is 2.96. The molecule has 0 aliphatic carbocycles. The van der Waals surface area contributed by atoms with E-state index in [1.165, 1.54) is 13.2 Å². The van der Waals surface area contributed by atoms with E-state index in [9.17, 15) is 9.18 Å². The molecule has 0 fully saturated rings. The van der Waals surface area contributed by atoms with E-state index in [1.54, 1.807) is 18.2 Å². The predicted molar refractivity (Wildman–Crippen MR) is 68.7 cm³/mol. The Morgan fingerprint density at radius 1 is 1.44 bits per heavy atom. The number of ether oxygens (including phenoxy) is 1. The van der Waals surface area contributed by atoms with Crippen LogP contribution in [0, 0.1) is 5.82 Å². The second-order valence-corrected chi connectivity index (χ2v) is 4.49. The molecular formula is C14H20FNO2. The number of halogens is 1. The summed E-state index contributed by atoms with van der Waals surface area (Å²) in [6.45, 7) is 4.55. The Kier molecular flexibility index (Phi) is 5.28. The van der Waals surface area contributed by atoms with Crippen molar-refractivity contribution in [3.05, 3.63) is 35.6 Å². The highest BCUT2D eigenvalue weighted by Crippen LogP contribution is 2.27. The van der Waals surface area contributed by atoms with Crippen LogP contribution in [0.5, 0.6) is 0 Å². The summed E-state index contributed by atoms with van der Waals surface area (Å²) in [5, 5.41) is 3.23. The number of methoxy groups -OCH3 is 1. The third-order valence-corrected chi connectivity index (χ3v) is 2.96. The molecule has 0 bridgehead atoms. The topological polar surface area (TPSA) is 38.3 Å². The summed E-state index contributed by atoms with van der Waals surface area (Å²) in [5.41, 5.74) is -0.252. The molecule has 0 aliphatic heterocycles. The van der Waals surface area contributed by atoms with Crippen molar-refractivity contribution in [2.24, 2.45) is 0 Å². The first kappa shape index (κ1) is 14.6. The maximum Gasteiger partial charge on any atom is 0.307 e. The van der Waals surface area contributed by atoms with E-state index < -0.39 is 5.54 Å². The van der Waals surface area contributed by atoms with Gasteiger partial charge in [0.05, 0.1) is 19.1 Å². The van der Waals surface area contributed by atoms with Gasteiger partial charge in [-0.25, -0.2) is 4.39 Å². The molecule has 1 atom stereocenters. The molecule has 0 spiro atoms. The van der Waals surface area contributed by atoms with Crippen LogP contribution >= 0.6 is 0 Å². The Morgan fingerprint density at radius 2 is 2.11 bits per heavy atom. The minimum Gasteiger partial charge on any atom is -0.469 e. The lowest BCUT2D eigenvalue weighted by atomic mass is 9.88. The van der Waals surface area contributed by atoms with Crippen LogP contribution < -0.4 is 5.32 Å². The quantitative estimate of drug-likeness (QED) is 0.792. The van der Waals surface area contributed by atoms with E-state index in [-0.39, 0.29) is 18.2 Å². The first-order chi connectivity index (χ1) is 8.53. The molecule has 1 N–H and O–H groups in total. The summed E-state index contributed by atoms with van der Waals surface area (Å²) in [6, 6.07) is 6.50. The van der Waals surface area contributed by atoms with Crippen molar-refractivity contribution in [1.29, 1.82) is 0 Å². The molecule has 0 saturated carbocycles. The van der Waals surface area contributed by atoms with E-state index >= 15 is 0 Å². The molecule has 1 aromatic carbocycles. The summed E-state index contributed by atoms with van der Waals surface area (Å²) in [6.07, 6.45) is 1.01. The highest BCUT2D eigenvalue weighted by Gasteiger charge is 2.31. The molecule has 0 aliphatic rings. The SMILES string of the molecule is CCCNC(C)(CC(=O)OC)c1ccccc1F. The van der Waals surface area contributed by atoms with Gasteiger partial charge in [-0.1, -0.05) is 25.1 Å². The standard InChI is InChI=1S/C14H20FNO2/c1-4-9-16-14(2,10-13(17)18-3)11-7-5-6-8-12(11)15/h5-8,16H,4,9-10H2,1-3H3. The minimum atomic E-state index is -0.742. The van der Waals surface area contributed by atoms with Crippen LogP contribution in [0.3, 0.4) is 0 Å². The number of nitrogens with one attached hydrogen (secondary N) is 1. The van der Waals surface area contributed by atoms with Gasteiger partial charge in [-0.2, -0.15) is 0 Å². The first-order valence-electron chi connectivity index (χ1n) is 6.10. The maximum atomic E-state index is 13.9. The van der Waals surface area contributed by atoms with Crippen LogP contribution in [-0.2, 0) is 15.1 Å². The predicted octanol–water partition coefficient (Wildman–Crippen LogP) is 2.60. The van der Waals surface area contributed by atoms with E-state index in [0.717, 1.165) is 6.42 Å². The second kappa shape index (κ2) is 6.50. The summed E-state index contributed by atoms with van der Waals surface area (Å²) < 4.78 is 18.6. The smallest absolute Gasteiger partial charge is 0.307 e. The first-order valence-corrected chi connectivity index (χ1v) is 6.10. The Morgan fingerprint density at radius 3 is 2.67 bits per heavy atom. The lowest BCUT2D eigenvalue weighted by molar-refractivity contribution is -0.142.